The molecule has 0 bridgehead atoms. The number of hydrogen-bond donors (Lipinski definition) is 0. The van der Waals surface area contributed by atoms with Crippen molar-refractivity contribution in [3.05, 3.63) is 17.7 Å². The molecule has 0 amide bonds. The van der Waals surface area contributed by atoms with E-state index >= 15 is 0 Å². The highest BCUT2D eigenvalue weighted by Gasteiger charge is 2.11. The molecule has 5 nitrogen and oxygen atoms in total. The van der Waals surface area contributed by atoms with Crippen LogP contribution in [0.15, 0.2) is 12.1 Å². The first-order chi connectivity index (χ1) is 8.65. The molecule has 0 aliphatic carbocycles. The summed E-state index contributed by atoms with van der Waals surface area (Å²) in [6.07, 6.45) is 0. The molecule has 0 saturated heterocycles. The number of carbonyl (C=O) groups is 1. The summed E-state index contributed by atoms with van der Waals surface area (Å²) in [7, 11) is 5.79. The fraction of sp³-hybridized carbons (Fsp3) is 0.308. The third-order valence-corrected chi connectivity index (χ3v) is 2.19. The van der Waals surface area contributed by atoms with Gasteiger partial charge in [-0.1, -0.05) is 0 Å². The van der Waals surface area contributed by atoms with Gasteiger partial charge >= 0.3 is 5.97 Å². The summed E-state index contributed by atoms with van der Waals surface area (Å²) < 4.78 is 19.9. The van der Waals surface area contributed by atoms with E-state index in [0.29, 0.717) is 22.8 Å². The van der Waals surface area contributed by atoms with Crippen LogP contribution >= 0.6 is 0 Å². The van der Waals surface area contributed by atoms with Crippen LogP contribution in [0.2, 0.25) is 0 Å². The second-order valence-corrected chi connectivity index (χ2v) is 3.15. The van der Waals surface area contributed by atoms with Crippen LogP contribution in [0.4, 0.5) is 0 Å². The van der Waals surface area contributed by atoms with Crippen molar-refractivity contribution in [2.75, 3.05) is 28.4 Å². The first-order valence-electron chi connectivity index (χ1n) is 5.06. The Labute approximate surface area is 106 Å². The molecule has 1 rings (SSSR count). The highest BCUT2D eigenvalue weighted by Crippen LogP contribution is 2.33. The van der Waals surface area contributed by atoms with Gasteiger partial charge in [0.2, 0.25) is 0 Å². The van der Waals surface area contributed by atoms with Crippen molar-refractivity contribution in [3.8, 4) is 29.1 Å². The van der Waals surface area contributed by atoms with E-state index in [1.807, 2.05) is 0 Å². The van der Waals surface area contributed by atoms with Crippen molar-refractivity contribution in [2.45, 2.75) is 0 Å². The predicted octanol–water partition coefficient (Wildman–Crippen LogP) is 1.24. The molecular weight excluding hydrogens is 236 g/mol. The Morgan fingerprint density at radius 3 is 1.94 bits per heavy atom. The van der Waals surface area contributed by atoms with Gasteiger partial charge in [-0.15, -0.1) is 0 Å². The first-order valence-corrected chi connectivity index (χ1v) is 5.06. The van der Waals surface area contributed by atoms with Crippen LogP contribution in [0.3, 0.4) is 0 Å². The van der Waals surface area contributed by atoms with Gasteiger partial charge in [-0.05, 0) is 5.92 Å². The van der Waals surface area contributed by atoms with Gasteiger partial charge in [0.05, 0.1) is 28.4 Å². The number of methoxy groups -OCH3 is 4. The van der Waals surface area contributed by atoms with Gasteiger partial charge < -0.3 is 18.9 Å². The fourth-order valence-electron chi connectivity index (χ4n) is 1.29. The van der Waals surface area contributed by atoms with E-state index in [1.54, 1.807) is 12.1 Å². The molecule has 0 N–H and O–H groups in total. The van der Waals surface area contributed by atoms with E-state index in [0.717, 1.165) is 0 Å². The topological polar surface area (TPSA) is 54.0 Å². The third kappa shape index (κ3) is 3.08. The Morgan fingerprint density at radius 1 is 1.00 bits per heavy atom. The summed E-state index contributed by atoms with van der Waals surface area (Å²) in [6.45, 7) is 0. The van der Waals surface area contributed by atoms with Gasteiger partial charge in [-0.25, -0.2) is 4.79 Å². The molecule has 1 aromatic rings. The van der Waals surface area contributed by atoms with Crippen molar-refractivity contribution in [1.29, 1.82) is 0 Å². The summed E-state index contributed by atoms with van der Waals surface area (Å²) in [5.41, 5.74) is 0.464. The van der Waals surface area contributed by atoms with Gasteiger partial charge in [-0.3, -0.25) is 0 Å². The molecule has 0 unspecified atom stereocenters. The molecule has 0 saturated carbocycles. The minimum atomic E-state index is -0.630. The maximum atomic E-state index is 11.0. The quantitative estimate of drug-likeness (QED) is 0.596. The monoisotopic (exact) mass is 250 g/mol. The molecule has 0 spiro atoms. The lowest BCUT2D eigenvalue weighted by atomic mass is 10.1. The van der Waals surface area contributed by atoms with Crippen LogP contribution in [0, 0.1) is 11.8 Å². The summed E-state index contributed by atoms with van der Waals surface area (Å²) in [5.74, 6) is 5.85. The minimum Gasteiger partial charge on any atom is -0.496 e. The first kappa shape index (κ1) is 13.7. The van der Waals surface area contributed by atoms with Crippen LogP contribution < -0.4 is 14.2 Å². The Balaban J connectivity index is 3.30. The summed E-state index contributed by atoms with van der Waals surface area (Å²) in [4.78, 5) is 11.0. The molecule has 1 aromatic carbocycles. The van der Waals surface area contributed by atoms with Gasteiger partial charge in [0.25, 0.3) is 0 Å². The van der Waals surface area contributed by atoms with E-state index in [9.17, 15) is 4.79 Å². The van der Waals surface area contributed by atoms with E-state index < -0.39 is 5.97 Å². The predicted molar refractivity (Wildman–Crippen MR) is 65.0 cm³/mol. The molecule has 0 radical (unpaired) electrons. The van der Waals surface area contributed by atoms with Gasteiger partial charge in [-0.2, -0.15) is 0 Å². The molecular formula is C13H14O5. The molecule has 5 heteroatoms. The molecule has 0 fully saturated rings. The number of carbonyl (C=O) groups excluding carboxylic acids is 1. The number of rotatable bonds is 3. The smallest absolute Gasteiger partial charge is 0.384 e. The Hall–Kier alpha value is -2.35. The van der Waals surface area contributed by atoms with Crippen molar-refractivity contribution in [1.82, 2.24) is 0 Å². The summed E-state index contributed by atoms with van der Waals surface area (Å²) in [6, 6.07) is 3.31. The maximum absolute atomic E-state index is 11.0. The van der Waals surface area contributed by atoms with E-state index in [2.05, 4.69) is 16.6 Å². The summed E-state index contributed by atoms with van der Waals surface area (Å²) in [5, 5.41) is 0. The fourth-order valence-corrected chi connectivity index (χ4v) is 1.29. The van der Waals surface area contributed by atoms with E-state index in [1.165, 1.54) is 28.4 Å². The highest BCUT2D eigenvalue weighted by molar-refractivity contribution is 5.89. The molecule has 96 valence electrons. The maximum Gasteiger partial charge on any atom is 0.384 e. The number of hydrogen-bond acceptors (Lipinski definition) is 5. The lowest BCUT2D eigenvalue weighted by Crippen LogP contribution is -1.98. The third-order valence-electron chi connectivity index (χ3n) is 2.19. The van der Waals surface area contributed by atoms with Crippen LogP contribution in [-0.2, 0) is 9.53 Å². The molecule has 18 heavy (non-hydrogen) atoms. The molecule has 0 atom stereocenters. The second kappa shape index (κ2) is 6.40. The Morgan fingerprint density at radius 2 is 1.56 bits per heavy atom. The standard InChI is InChI=1S/C13H14O5/c1-15-9-7-11(16-2)10(12(8-9)17-3)5-6-13(14)18-4/h7-8H,1-4H3. The van der Waals surface area contributed by atoms with Crippen LogP contribution in [0.5, 0.6) is 17.2 Å². The lowest BCUT2D eigenvalue weighted by molar-refractivity contribution is -0.133. The average Bonchev–Trinajstić information content (AvgIpc) is 2.43. The molecule has 0 heterocycles. The van der Waals surface area contributed by atoms with E-state index in [-0.39, 0.29) is 0 Å². The molecule has 0 aliphatic heterocycles. The van der Waals surface area contributed by atoms with Gasteiger partial charge in [0.1, 0.15) is 22.8 Å². The van der Waals surface area contributed by atoms with Crippen molar-refractivity contribution in [2.24, 2.45) is 0 Å². The van der Waals surface area contributed by atoms with Crippen LogP contribution in [-0.4, -0.2) is 34.4 Å². The van der Waals surface area contributed by atoms with Crippen molar-refractivity contribution in [3.63, 3.8) is 0 Å². The van der Waals surface area contributed by atoms with Gasteiger partial charge in [0.15, 0.2) is 0 Å². The zero-order chi connectivity index (χ0) is 13.5. The van der Waals surface area contributed by atoms with Crippen molar-refractivity contribution < 1.29 is 23.7 Å². The molecule has 0 aromatic heterocycles. The SMILES string of the molecule is COC(=O)C#Cc1c(OC)cc(OC)cc1OC. The molecule has 0 aliphatic rings. The highest BCUT2D eigenvalue weighted by atomic mass is 16.5. The summed E-state index contributed by atoms with van der Waals surface area (Å²) >= 11 is 0. The zero-order valence-electron chi connectivity index (χ0n) is 10.7. The Kier molecular flexibility index (Phi) is 4.88. The zero-order valence-corrected chi connectivity index (χ0v) is 10.7. The number of esters is 1. The Bertz CT molecular complexity index is 471. The largest absolute Gasteiger partial charge is 0.496 e. The van der Waals surface area contributed by atoms with Gasteiger partial charge in [0, 0.05) is 18.1 Å². The second-order valence-electron chi connectivity index (χ2n) is 3.15. The minimum absolute atomic E-state index is 0.461. The number of benzene rings is 1. The number of ether oxygens (including phenoxy) is 4. The van der Waals surface area contributed by atoms with Crippen LogP contribution in [0.25, 0.3) is 0 Å². The lowest BCUT2D eigenvalue weighted by Gasteiger charge is -2.10. The van der Waals surface area contributed by atoms with Crippen LogP contribution in [0.1, 0.15) is 5.56 Å². The average molecular weight is 250 g/mol. The normalized spacial score (nSPS) is 8.89. The van der Waals surface area contributed by atoms with Crippen molar-refractivity contribution >= 4 is 5.97 Å². The van der Waals surface area contributed by atoms with E-state index in [4.69, 9.17) is 14.2 Å².